The molecule has 2 rings (SSSR count). The standard InChI is InChI=1S/C10H17N5OS/c1-6(9(12)16)5-17-10-14-13-8(4-11)15(10)7-2-3-7/h6-7H,2-5,11H2,1H3,(H2,12,16). The van der Waals surface area contributed by atoms with Crippen molar-refractivity contribution >= 4 is 17.7 Å². The lowest BCUT2D eigenvalue weighted by Gasteiger charge is -2.09. The fraction of sp³-hybridized carbons (Fsp3) is 0.700. The molecule has 0 radical (unpaired) electrons. The first-order valence-corrected chi connectivity index (χ1v) is 6.68. The number of primary amides is 1. The molecule has 94 valence electrons. The molecule has 1 aliphatic carbocycles. The highest BCUT2D eigenvalue weighted by atomic mass is 32.2. The number of amides is 1. The fourth-order valence-corrected chi connectivity index (χ4v) is 2.58. The van der Waals surface area contributed by atoms with E-state index in [4.69, 9.17) is 11.5 Å². The van der Waals surface area contributed by atoms with Gasteiger partial charge in [0.15, 0.2) is 5.16 Å². The highest BCUT2D eigenvalue weighted by Gasteiger charge is 2.29. The molecule has 0 spiro atoms. The van der Waals surface area contributed by atoms with Gasteiger partial charge in [-0.2, -0.15) is 0 Å². The number of nitrogens with zero attached hydrogens (tertiary/aromatic N) is 3. The van der Waals surface area contributed by atoms with Gasteiger partial charge < -0.3 is 16.0 Å². The van der Waals surface area contributed by atoms with E-state index in [1.807, 2.05) is 6.92 Å². The summed E-state index contributed by atoms with van der Waals surface area (Å²) in [6.07, 6.45) is 2.31. The fourth-order valence-electron chi connectivity index (χ4n) is 1.53. The number of carbonyl (C=O) groups is 1. The molecular formula is C10H17N5OS. The third-order valence-corrected chi connectivity index (χ3v) is 3.98. The molecule has 1 amide bonds. The van der Waals surface area contributed by atoms with Crippen LogP contribution >= 0.6 is 11.8 Å². The average molecular weight is 255 g/mol. The molecule has 0 saturated heterocycles. The lowest BCUT2D eigenvalue weighted by molar-refractivity contribution is -0.120. The number of thioether (sulfide) groups is 1. The van der Waals surface area contributed by atoms with Crippen molar-refractivity contribution in [2.75, 3.05) is 5.75 Å². The first kappa shape index (κ1) is 12.4. The molecule has 1 fully saturated rings. The van der Waals surface area contributed by atoms with E-state index >= 15 is 0 Å². The third-order valence-electron chi connectivity index (χ3n) is 2.78. The number of rotatable bonds is 6. The van der Waals surface area contributed by atoms with Crippen molar-refractivity contribution in [3.05, 3.63) is 5.82 Å². The molecule has 0 bridgehead atoms. The number of hydrogen-bond donors (Lipinski definition) is 2. The topological polar surface area (TPSA) is 99.8 Å². The van der Waals surface area contributed by atoms with E-state index in [1.54, 1.807) is 0 Å². The molecular weight excluding hydrogens is 238 g/mol. The highest BCUT2D eigenvalue weighted by molar-refractivity contribution is 7.99. The Morgan fingerprint density at radius 1 is 1.59 bits per heavy atom. The molecule has 0 aliphatic heterocycles. The first-order valence-electron chi connectivity index (χ1n) is 5.69. The van der Waals surface area contributed by atoms with Crippen LogP contribution in [-0.2, 0) is 11.3 Å². The molecule has 4 N–H and O–H groups in total. The van der Waals surface area contributed by atoms with Crippen molar-refractivity contribution in [3.63, 3.8) is 0 Å². The Balaban J connectivity index is 2.05. The lowest BCUT2D eigenvalue weighted by Crippen LogP contribution is -2.22. The summed E-state index contributed by atoms with van der Waals surface area (Å²) in [5, 5.41) is 9.04. The summed E-state index contributed by atoms with van der Waals surface area (Å²) in [6.45, 7) is 2.21. The normalized spacial score (nSPS) is 17.1. The molecule has 1 heterocycles. The van der Waals surface area contributed by atoms with Crippen molar-refractivity contribution in [1.82, 2.24) is 14.8 Å². The van der Waals surface area contributed by atoms with Gasteiger partial charge in [0, 0.05) is 17.7 Å². The molecule has 1 unspecified atom stereocenters. The maximum atomic E-state index is 11.0. The smallest absolute Gasteiger partial charge is 0.221 e. The van der Waals surface area contributed by atoms with E-state index in [9.17, 15) is 4.79 Å². The van der Waals surface area contributed by atoms with Crippen LogP contribution in [0.3, 0.4) is 0 Å². The van der Waals surface area contributed by atoms with Crippen molar-refractivity contribution in [2.45, 2.75) is 37.5 Å². The molecule has 0 aromatic carbocycles. The van der Waals surface area contributed by atoms with Crippen LogP contribution in [0.1, 0.15) is 31.6 Å². The predicted molar refractivity (Wildman–Crippen MR) is 65.3 cm³/mol. The molecule has 1 atom stereocenters. The largest absolute Gasteiger partial charge is 0.369 e. The second kappa shape index (κ2) is 5.05. The molecule has 6 nitrogen and oxygen atoms in total. The summed E-state index contributed by atoms with van der Waals surface area (Å²) < 4.78 is 2.10. The van der Waals surface area contributed by atoms with E-state index in [1.165, 1.54) is 11.8 Å². The van der Waals surface area contributed by atoms with E-state index in [-0.39, 0.29) is 11.8 Å². The summed E-state index contributed by atoms with van der Waals surface area (Å²) in [7, 11) is 0. The Bertz CT molecular complexity index is 415. The van der Waals surface area contributed by atoms with Crippen molar-refractivity contribution in [1.29, 1.82) is 0 Å². The average Bonchev–Trinajstić information content (AvgIpc) is 3.06. The second-order valence-corrected chi connectivity index (χ2v) is 5.31. The monoisotopic (exact) mass is 255 g/mol. The summed E-state index contributed by atoms with van der Waals surface area (Å²) in [6, 6.07) is 0.495. The summed E-state index contributed by atoms with van der Waals surface area (Å²) in [4.78, 5) is 11.0. The zero-order chi connectivity index (χ0) is 12.4. The lowest BCUT2D eigenvalue weighted by atomic mass is 10.2. The zero-order valence-electron chi connectivity index (χ0n) is 9.80. The van der Waals surface area contributed by atoms with Crippen LogP contribution < -0.4 is 11.5 Å². The molecule has 1 aromatic heterocycles. The van der Waals surface area contributed by atoms with Crippen LogP contribution in [0, 0.1) is 5.92 Å². The Morgan fingerprint density at radius 2 is 2.29 bits per heavy atom. The Labute approximate surface area is 104 Å². The van der Waals surface area contributed by atoms with Crippen molar-refractivity contribution < 1.29 is 4.79 Å². The minimum atomic E-state index is -0.283. The number of nitrogens with two attached hydrogens (primary N) is 2. The van der Waals surface area contributed by atoms with Gasteiger partial charge in [-0.1, -0.05) is 18.7 Å². The van der Waals surface area contributed by atoms with Crippen molar-refractivity contribution in [2.24, 2.45) is 17.4 Å². The Hall–Kier alpha value is -1.08. The van der Waals surface area contributed by atoms with Gasteiger partial charge in [-0.15, -0.1) is 10.2 Å². The van der Waals surface area contributed by atoms with Gasteiger partial charge in [-0.05, 0) is 12.8 Å². The maximum absolute atomic E-state index is 11.0. The van der Waals surface area contributed by atoms with Gasteiger partial charge >= 0.3 is 0 Å². The van der Waals surface area contributed by atoms with Gasteiger partial charge in [0.25, 0.3) is 0 Å². The molecule has 1 saturated carbocycles. The van der Waals surface area contributed by atoms with Crippen molar-refractivity contribution in [3.8, 4) is 0 Å². The van der Waals surface area contributed by atoms with E-state index in [0.717, 1.165) is 23.8 Å². The summed E-state index contributed by atoms with van der Waals surface area (Å²) in [5.74, 6) is 1.01. The zero-order valence-corrected chi connectivity index (χ0v) is 10.6. The first-order chi connectivity index (χ1) is 8.13. The minimum absolute atomic E-state index is 0.161. The molecule has 7 heteroatoms. The van der Waals surface area contributed by atoms with E-state index in [0.29, 0.717) is 18.3 Å². The number of carbonyl (C=O) groups excluding carboxylic acids is 1. The molecule has 1 aromatic rings. The van der Waals surface area contributed by atoms with Gasteiger partial charge in [0.05, 0.1) is 6.54 Å². The summed E-state index contributed by atoms with van der Waals surface area (Å²) in [5.41, 5.74) is 10.9. The minimum Gasteiger partial charge on any atom is -0.369 e. The quantitative estimate of drug-likeness (QED) is 0.711. The maximum Gasteiger partial charge on any atom is 0.221 e. The predicted octanol–water partition coefficient (Wildman–Crippen LogP) is 0.285. The molecule has 17 heavy (non-hydrogen) atoms. The van der Waals surface area contributed by atoms with Crippen LogP contribution in [-0.4, -0.2) is 26.4 Å². The number of hydrogen-bond acceptors (Lipinski definition) is 5. The van der Waals surface area contributed by atoms with Gasteiger partial charge in [-0.3, -0.25) is 4.79 Å². The van der Waals surface area contributed by atoms with Gasteiger partial charge in [0.2, 0.25) is 5.91 Å². The summed E-state index contributed by atoms with van der Waals surface area (Å²) >= 11 is 1.52. The second-order valence-electron chi connectivity index (χ2n) is 4.32. The van der Waals surface area contributed by atoms with Crippen LogP contribution in [0.2, 0.25) is 0 Å². The van der Waals surface area contributed by atoms with Gasteiger partial charge in [0.1, 0.15) is 5.82 Å². The highest BCUT2D eigenvalue weighted by Crippen LogP contribution is 2.38. The van der Waals surface area contributed by atoms with Crippen LogP contribution in [0.15, 0.2) is 5.16 Å². The van der Waals surface area contributed by atoms with Gasteiger partial charge in [-0.25, -0.2) is 0 Å². The van der Waals surface area contributed by atoms with E-state index < -0.39 is 0 Å². The third kappa shape index (κ3) is 2.78. The SMILES string of the molecule is CC(CSc1nnc(CN)n1C1CC1)C(N)=O. The van der Waals surface area contributed by atoms with E-state index in [2.05, 4.69) is 14.8 Å². The Morgan fingerprint density at radius 3 is 2.82 bits per heavy atom. The Kier molecular flexibility index (Phi) is 3.68. The van der Waals surface area contributed by atoms with Crippen LogP contribution in [0.5, 0.6) is 0 Å². The van der Waals surface area contributed by atoms with Crippen LogP contribution in [0.25, 0.3) is 0 Å². The number of aromatic nitrogens is 3. The van der Waals surface area contributed by atoms with Crippen LogP contribution in [0.4, 0.5) is 0 Å². The molecule has 1 aliphatic rings.